The van der Waals surface area contributed by atoms with Crippen molar-refractivity contribution in [3.8, 4) is 0 Å². The Labute approximate surface area is 114 Å². The standard InChI is InChI=1S/C11H15ClF2N4O/c1-6(5-19-2)16-11(18-15)17-10-8(12)3-7(13)4-9(10)14/h3-4,6H,5,15H2,1-2H3,(H2,16,17,18). The van der Waals surface area contributed by atoms with Crippen molar-refractivity contribution in [2.75, 3.05) is 19.0 Å². The summed E-state index contributed by atoms with van der Waals surface area (Å²) in [4.78, 5) is 4.11. The van der Waals surface area contributed by atoms with Gasteiger partial charge in [0.1, 0.15) is 5.82 Å². The lowest BCUT2D eigenvalue weighted by Gasteiger charge is -2.13. The van der Waals surface area contributed by atoms with Gasteiger partial charge in [-0.3, -0.25) is 5.43 Å². The monoisotopic (exact) mass is 292 g/mol. The van der Waals surface area contributed by atoms with Crippen LogP contribution in [0, 0.1) is 11.6 Å². The van der Waals surface area contributed by atoms with E-state index in [1.54, 1.807) is 6.92 Å². The van der Waals surface area contributed by atoms with Gasteiger partial charge in [-0.25, -0.2) is 19.6 Å². The summed E-state index contributed by atoms with van der Waals surface area (Å²) in [6.45, 7) is 2.15. The predicted molar refractivity (Wildman–Crippen MR) is 71.1 cm³/mol. The third-order valence-electron chi connectivity index (χ3n) is 2.14. The Balaban J connectivity index is 2.93. The number of aliphatic imine (C=N–C) groups is 1. The van der Waals surface area contributed by atoms with Gasteiger partial charge in [-0.2, -0.15) is 0 Å². The Morgan fingerprint density at radius 3 is 2.74 bits per heavy atom. The number of benzene rings is 1. The van der Waals surface area contributed by atoms with Crippen LogP contribution in [-0.2, 0) is 4.74 Å². The maximum Gasteiger partial charge on any atom is 0.210 e. The largest absolute Gasteiger partial charge is 0.382 e. The molecule has 19 heavy (non-hydrogen) atoms. The Morgan fingerprint density at radius 1 is 1.53 bits per heavy atom. The molecule has 0 amide bonds. The van der Waals surface area contributed by atoms with Crippen LogP contribution in [0.15, 0.2) is 17.1 Å². The molecule has 0 saturated heterocycles. The zero-order valence-electron chi connectivity index (χ0n) is 10.5. The van der Waals surface area contributed by atoms with E-state index in [-0.39, 0.29) is 22.7 Å². The number of guanidine groups is 1. The molecule has 0 aliphatic rings. The number of hydrogen-bond donors (Lipinski definition) is 3. The van der Waals surface area contributed by atoms with E-state index in [9.17, 15) is 8.78 Å². The number of hydrogen-bond acceptors (Lipinski definition) is 3. The van der Waals surface area contributed by atoms with Crippen LogP contribution in [0.25, 0.3) is 0 Å². The highest BCUT2D eigenvalue weighted by molar-refractivity contribution is 6.33. The molecule has 0 aliphatic heterocycles. The minimum Gasteiger partial charge on any atom is -0.382 e. The van der Waals surface area contributed by atoms with Crippen LogP contribution < -0.4 is 16.6 Å². The number of methoxy groups -OCH3 is 1. The smallest absolute Gasteiger partial charge is 0.210 e. The van der Waals surface area contributed by atoms with Gasteiger partial charge in [-0.1, -0.05) is 11.6 Å². The summed E-state index contributed by atoms with van der Waals surface area (Å²) in [5.74, 6) is 3.76. The maximum atomic E-state index is 13.6. The first-order valence-corrected chi connectivity index (χ1v) is 5.80. The molecule has 0 fully saturated rings. The van der Waals surface area contributed by atoms with E-state index in [0.717, 1.165) is 6.07 Å². The van der Waals surface area contributed by atoms with Crippen LogP contribution in [0.5, 0.6) is 0 Å². The fraction of sp³-hybridized carbons (Fsp3) is 0.364. The molecule has 8 heteroatoms. The van der Waals surface area contributed by atoms with Crippen LogP contribution in [0.2, 0.25) is 5.02 Å². The SMILES string of the molecule is COCC(C)N=C(NN)Nc1c(F)cc(F)cc1Cl. The quantitative estimate of drug-likeness (QED) is 0.343. The van der Waals surface area contributed by atoms with Crippen molar-refractivity contribution in [2.24, 2.45) is 10.8 Å². The zero-order valence-corrected chi connectivity index (χ0v) is 11.3. The number of hydrazine groups is 1. The summed E-state index contributed by atoms with van der Waals surface area (Å²) in [5.41, 5.74) is 2.17. The van der Waals surface area contributed by atoms with Crippen LogP contribution >= 0.6 is 11.6 Å². The number of anilines is 1. The van der Waals surface area contributed by atoms with E-state index in [2.05, 4.69) is 15.7 Å². The van der Waals surface area contributed by atoms with Crippen LogP contribution in [0.3, 0.4) is 0 Å². The molecule has 0 bridgehead atoms. The van der Waals surface area contributed by atoms with Crippen molar-refractivity contribution in [1.29, 1.82) is 0 Å². The molecule has 4 N–H and O–H groups in total. The van der Waals surface area contributed by atoms with Crippen LogP contribution in [-0.4, -0.2) is 25.7 Å². The first-order valence-electron chi connectivity index (χ1n) is 5.42. The lowest BCUT2D eigenvalue weighted by atomic mass is 10.3. The number of rotatable bonds is 4. The topological polar surface area (TPSA) is 71.7 Å². The average molecular weight is 293 g/mol. The van der Waals surface area contributed by atoms with Gasteiger partial charge < -0.3 is 10.1 Å². The number of nitrogens with one attached hydrogen (secondary N) is 2. The second-order valence-corrected chi connectivity index (χ2v) is 4.20. The molecule has 0 aliphatic carbocycles. The van der Waals surface area contributed by atoms with E-state index in [1.165, 1.54) is 7.11 Å². The fourth-order valence-corrected chi connectivity index (χ4v) is 1.63. The van der Waals surface area contributed by atoms with Crippen molar-refractivity contribution in [3.63, 3.8) is 0 Å². The van der Waals surface area contributed by atoms with Crippen molar-refractivity contribution >= 4 is 23.2 Å². The highest BCUT2D eigenvalue weighted by atomic mass is 35.5. The number of nitrogens with two attached hydrogens (primary N) is 1. The molecule has 0 aromatic heterocycles. The van der Waals surface area contributed by atoms with Gasteiger partial charge >= 0.3 is 0 Å². The van der Waals surface area contributed by atoms with E-state index in [4.69, 9.17) is 22.2 Å². The van der Waals surface area contributed by atoms with Gasteiger partial charge in [-0.05, 0) is 13.0 Å². The van der Waals surface area contributed by atoms with Crippen molar-refractivity contribution in [2.45, 2.75) is 13.0 Å². The highest BCUT2D eigenvalue weighted by Gasteiger charge is 2.12. The highest BCUT2D eigenvalue weighted by Crippen LogP contribution is 2.26. The Bertz CT molecular complexity index is 447. The van der Waals surface area contributed by atoms with Crippen molar-refractivity contribution in [1.82, 2.24) is 5.43 Å². The van der Waals surface area contributed by atoms with Gasteiger partial charge in [0.25, 0.3) is 0 Å². The van der Waals surface area contributed by atoms with E-state index in [0.29, 0.717) is 12.7 Å². The van der Waals surface area contributed by atoms with E-state index in [1.807, 2.05) is 0 Å². The molecule has 1 aromatic rings. The maximum absolute atomic E-state index is 13.6. The Kier molecular flexibility index (Phi) is 5.94. The average Bonchev–Trinajstić information content (AvgIpc) is 2.32. The summed E-state index contributed by atoms with van der Waals surface area (Å²) in [5, 5.41) is 2.46. The van der Waals surface area contributed by atoms with Gasteiger partial charge in [0, 0.05) is 13.2 Å². The van der Waals surface area contributed by atoms with Crippen LogP contribution in [0.1, 0.15) is 6.92 Å². The summed E-state index contributed by atoms with van der Waals surface area (Å²) < 4.78 is 31.4. The predicted octanol–water partition coefficient (Wildman–Crippen LogP) is 1.88. The van der Waals surface area contributed by atoms with E-state index < -0.39 is 11.6 Å². The number of halogens is 3. The van der Waals surface area contributed by atoms with E-state index >= 15 is 0 Å². The third kappa shape index (κ3) is 4.62. The molecule has 1 aromatic carbocycles. The van der Waals surface area contributed by atoms with Gasteiger partial charge in [-0.15, -0.1) is 0 Å². The first-order chi connectivity index (χ1) is 8.97. The fourth-order valence-electron chi connectivity index (χ4n) is 1.38. The first kappa shape index (κ1) is 15.6. The molecular weight excluding hydrogens is 278 g/mol. The molecule has 5 nitrogen and oxygen atoms in total. The molecule has 0 radical (unpaired) electrons. The normalized spacial score (nSPS) is 13.3. The van der Waals surface area contributed by atoms with Gasteiger partial charge in [0.15, 0.2) is 5.82 Å². The molecule has 0 saturated carbocycles. The molecule has 106 valence electrons. The summed E-state index contributed by atoms with van der Waals surface area (Å²) in [6.07, 6.45) is 0. The van der Waals surface area contributed by atoms with Crippen LogP contribution in [0.4, 0.5) is 14.5 Å². The molecule has 0 heterocycles. The van der Waals surface area contributed by atoms with Crippen molar-refractivity contribution in [3.05, 3.63) is 28.8 Å². The summed E-state index contributed by atoms with van der Waals surface area (Å²) in [7, 11) is 1.53. The molecule has 1 atom stereocenters. The minimum atomic E-state index is -0.840. The molecular formula is C11H15ClF2N4O. The van der Waals surface area contributed by atoms with Crippen molar-refractivity contribution < 1.29 is 13.5 Å². The molecule has 1 unspecified atom stereocenters. The van der Waals surface area contributed by atoms with Gasteiger partial charge in [0.2, 0.25) is 5.96 Å². The van der Waals surface area contributed by atoms with Gasteiger partial charge in [0.05, 0.1) is 23.4 Å². The lowest BCUT2D eigenvalue weighted by Crippen LogP contribution is -2.37. The summed E-state index contributed by atoms with van der Waals surface area (Å²) in [6, 6.07) is 1.49. The zero-order chi connectivity index (χ0) is 14.4. The second-order valence-electron chi connectivity index (χ2n) is 3.80. The molecule has 1 rings (SSSR count). The molecule has 0 spiro atoms. The lowest BCUT2D eigenvalue weighted by molar-refractivity contribution is 0.185. The number of nitrogens with zero attached hydrogens (tertiary/aromatic N) is 1. The number of ether oxygens (including phenoxy) is 1. The second kappa shape index (κ2) is 7.22. The Hall–Kier alpha value is -1.44. The Morgan fingerprint density at radius 2 is 2.21 bits per heavy atom. The summed E-state index contributed by atoms with van der Waals surface area (Å²) >= 11 is 5.74. The minimum absolute atomic E-state index is 0.0944. The third-order valence-corrected chi connectivity index (χ3v) is 2.44.